The van der Waals surface area contributed by atoms with Crippen molar-refractivity contribution in [1.29, 1.82) is 0 Å². The molecule has 7 nitrogen and oxygen atoms in total. The second-order valence-electron chi connectivity index (χ2n) is 6.15. The minimum Gasteiger partial charge on any atom is -0.352 e. The van der Waals surface area contributed by atoms with Crippen LogP contribution in [0, 0.1) is 6.92 Å². The summed E-state index contributed by atoms with van der Waals surface area (Å²) in [4.78, 5) is 28.6. The molecular formula is C20H16N2O5S. The minimum atomic E-state index is -3.95. The molecule has 2 aliphatic rings. The predicted octanol–water partition coefficient (Wildman–Crippen LogP) is 2.61. The van der Waals surface area contributed by atoms with Crippen LogP contribution in [0.1, 0.15) is 12.5 Å². The monoisotopic (exact) mass is 396 g/mol. The number of carbonyl (C=O) groups excluding carboxylic acids is 2. The third-order valence-corrected chi connectivity index (χ3v) is 5.17. The lowest BCUT2D eigenvalue weighted by Crippen LogP contribution is -2.15. The number of carbonyl (C=O) groups is 2. The number of allylic oxidation sites excluding steroid dienone is 7. The molecule has 1 aromatic carbocycles. The second kappa shape index (κ2) is 7.69. The van der Waals surface area contributed by atoms with E-state index in [1.165, 1.54) is 55.5 Å². The number of oxime groups is 1. The number of rotatable bonds is 4. The molecular weight excluding hydrogens is 380 g/mol. The van der Waals surface area contributed by atoms with E-state index in [-0.39, 0.29) is 27.7 Å². The molecule has 2 aliphatic carbocycles. The van der Waals surface area contributed by atoms with Gasteiger partial charge in [0.15, 0.2) is 5.78 Å². The second-order valence-corrected chi connectivity index (χ2v) is 7.75. The molecule has 0 amide bonds. The van der Waals surface area contributed by atoms with Gasteiger partial charge >= 0.3 is 0 Å². The van der Waals surface area contributed by atoms with E-state index in [1.54, 1.807) is 12.1 Å². The van der Waals surface area contributed by atoms with Gasteiger partial charge in [0.05, 0.1) is 10.6 Å². The van der Waals surface area contributed by atoms with Crippen LogP contribution in [0.25, 0.3) is 0 Å². The molecule has 3 rings (SSSR count). The standard InChI is InChI=1S/C20H16N2O5S/c1-13-3-9-18(10-4-13)28(25,26)22-16-11-14(2)20(24)19(12-16)27-21-15-5-7-17(23)8-6-15/h3-12H,1-2H3/b22-16+. The topological polar surface area (TPSA) is 102 Å². The van der Waals surface area contributed by atoms with Crippen LogP contribution in [-0.4, -0.2) is 31.4 Å². The Balaban J connectivity index is 1.89. The van der Waals surface area contributed by atoms with Gasteiger partial charge in [-0.2, -0.15) is 12.8 Å². The Bertz CT molecular complexity index is 1110. The van der Waals surface area contributed by atoms with Crippen LogP contribution >= 0.6 is 0 Å². The summed E-state index contributed by atoms with van der Waals surface area (Å²) < 4.78 is 28.8. The van der Waals surface area contributed by atoms with Gasteiger partial charge in [0.25, 0.3) is 10.0 Å². The third kappa shape index (κ3) is 4.47. The van der Waals surface area contributed by atoms with E-state index < -0.39 is 15.8 Å². The highest BCUT2D eigenvalue weighted by Crippen LogP contribution is 2.19. The Morgan fingerprint density at radius 2 is 1.50 bits per heavy atom. The molecule has 28 heavy (non-hydrogen) atoms. The number of ketones is 2. The van der Waals surface area contributed by atoms with Gasteiger partial charge in [0.1, 0.15) is 5.71 Å². The zero-order chi connectivity index (χ0) is 20.3. The summed E-state index contributed by atoms with van der Waals surface area (Å²) >= 11 is 0. The van der Waals surface area contributed by atoms with Crippen molar-refractivity contribution >= 4 is 33.0 Å². The molecule has 0 aliphatic heterocycles. The summed E-state index contributed by atoms with van der Waals surface area (Å²) in [6, 6.07) is 6.29. The van der Waals surface area contributed by atoms with Gasteiger partial charge < -0.3 is 4.84 Å². The fraction of sp³-hybridized carbons (Fsp3) is 0.100. The van der Waals surface area contributed by atoms with Crippen LogP contribution in [0.2, 0.25) is 0 Å². The molecule has 0 atom stereocenters. The summed E-state index contributed by atoms with van der Waals surface area (Å²) in [5.74, 6) is -0.777. The van der Waals surface area contributed by atoms with Crippen molar-refractivity contribution in [3.8, 4) is 0 Å². The number of aryl methyl sites for hydroxylation is 1. The highest BCUT2D eigenvalue weighted by molar-refractivity contribution is 7.90. The van der Waals surface area contributed by atoms with Crippen LogP contribution in [-0.2, 0) is 24.4 Å². The van der Waals surface area contributed by atoms with E-state index in [4.69, 9.17) is 4.84 Å². The number of sulfonamides is 1. The SMILES string of the molecule is CC1=C/C(=N\S(=O)(=O)c2ccc(C)cc2)C=C(ON=C2C=CC(=O)C=C2)C1=O. The maximum Gasteiger partial charge on any atom is 0.282 e. The molecule has 8 heteroatoms. The van der Waals surface area contributed by atoms with Crippen molar-refractivity contribution in [1.82, 2.24) is 0 Å². The molecule has 0 aromatic heterocycles. The van der Waals surface area contributed by atoms with Gasteiger partial charge in [-0.1, -0.05) is 22.9 Å². The van der Waals surface area contributed by atoms with Crippen molar-refractivity contribution in [2.24, 2.45) is 9.55 Å². The molecule has 0 unspecified atom stereocenters. The van der Waals surface area contributed by atoms with Gasteiger partial charge in [-0.25, -0.2) is 0 Å². The Kier molecular flexibility index (Phi) is 5.32. The van der Waals surface area contributed by atoms with Gasteiger partial charge in [-0.05, 0) is 56.4 Å². The third-order valence-electron chi connectivity index (χ3n) is 3.86. The number of benzene rings is 1. The smallest absolute Gasteiger partial charge is 0.282 e. The van der Waals surface area contributed by atoms with Gasteiger partial charge in [0, 0.05) is 11.6 Å². The van der Waals surface area contributed by atoms with E-state index in [1.807, 2.05) is 6.92 Å². The van der Waals surface area contributed by atoms with Crippen molar-refractivity contribution in [2.75, 3.05) is 0 Å². The Labute approximate surface area is 162 Å². The first kappa shape index (κ1) is 19.4. The normalized spacial score (nSPS) is 18.2. The van der Waals surface area contributed by atoms with Crippen LogP contribution in [0.5, 0.6) is 0 Å². The molecule has 0 saturated heterocycles. The summed E-state index contributed by atoms with van der Waals surface area (Å²) in [6.07, 6.45) is 8.09. The summed E-state index contributed by atoms with van der Waals surface area (Å²) in [5, 5.41) is 3.79. The molecule has 0 heterocycles. The minimum absolute atomic E-state index is 0.0480. The molecule has 0 N–H and O–H groups in total. The van der Waals surface area contributed by atoms with Gasteiger partial charge in [-0.3, -0.25) is 9.59 Å². The lowest BCUT2D eigenvalue weighted by molar-refractivity contribution is -0.115. The van der Waals surface area contributed by atoms with E-state index in [2.05, 4.69) is 9.55 Å². The van der Waals surface area contributed by atoms with Crippen LogP contribution in [0.3, 0.4) is 0 Å². The molecule has 0 bridgehead atoms. The fourth-order valence-corrected chi connectivity index (χ4v) is 3.32. The maximum atomic E-state index is 12.5. The van der Waals surface area contributed by atoms with Crippen molar-refractivity contribution < 1.29 is 22.8 Å². The summed E-state index contributed by atoms with van der Waals surface area (Å²) in [6.45, 7) is 3.38. The molecule has 0 saturated carbocycles. The van der Waals surface area contributed by atoms with Crippen molar-refractivity contribution in [2.45, 2.75) is 18.7 Å². The zero-order valence-electron chi connectivity index (χ0n) is 15.1. The van der Waals surface area contributed by atoms with E-state index in [9.17, 15) is 18.0 Å². The van der Waals surface area contributed by atoms with Crippen molar-refractivity contribution in [3.63, 3.8) is 0 Å². The van der Waals surface area contributed by atoms with Crippen LogP contribution < -0.4 is 0 Å². The Morgan fingerprint density at radius 1 is 0.857 bits per heavy atom. The molecule has 0 fully saturated rings. The van der Waals surface area contributed by atoms with Gasteiger partial charge in [-0.15, -0.1) is 0 Å². The number of hydrogen-bond donors (Lipinski definition) is 0. The zero-order valence-corrected chi connectivity index (χ0v) is 15.9. The first-order chi connectivity index (χ1) is 13.2. The lowest BCUT2D eigenvalue weighted by atomic mass is 10.0. The largest absolute Gasteiger partial charge is 0.352 e. The molecule has 0 spiro atoms. The predicted molar refractivity (Wildman–Crippen MR) is 104 cm³/mol. The molecule has 1 aromatic rings. The Morgan fingerprint density at radius 3 is 2.14 bits per heavy atom. The molecule has 142 valence electrons. The Hall–Kier alpha value is -3.39. The lowest BCUT2D eigenvalue weighted by Gasteiger charge is -2.11. The molecule has 0 radical (unpaired) electrons. The van der Waals surface area contributed by atoms with E-state index >= 15 is 0 Å². The van der Waals surface area contributed by atoms with Crippen molar-refractivity contribution in [3.05, 3.63) is 77.6 Å². The number of Topliss-reactive ketones (excluding diaryl/α,β-unsaturated/α-hetero) is 1. The first-order valence-electron chi connectivity index (χ1n) is 8.26. The average molecular weight is 396 g/mol. The fourth-order valence-electron chi connectivity index (χ4n) is 2.35. The number of hydrogen-bond acceptors (Lipinski definition) is 6. The quantitative estimate of drug-likeness (QED) is 0.575. The highest BCUT2D eigenvalue weighted by atomic mass is 32.2. The van der Waals surface area contributed by atoms with Crippen LogP contribution in [0.4, 0.5) is 0 Å². The summed E-state index contributed by atoms with van der Waals surface area (Å²) in [5.41, 5.74) is 1.58. The number of nitrogens with zero attached hydrogens (tertiary/aromatic N) is 2. The maximum absolute atomic E-state index is 12.5. The average Bonchev–Trinajstić information content (AvgIpc) is 2.65. The van der Waals surface area contributed by atoms with E-state index in [0.717, 1.165) is 5.56 Å². The van der Waals surface area contributed by atoms with E-state index in [0.29, 0.717) is 5.71 Å². The highest BCUT2D eigenvalue weighted by Gasteiger charge is 2.22. The summed E-state index contributed by atoms with van der Waals surface area (Å²) in [7, 11) is -3.95. The van der Waals surface area contributed by atoms with Crippen LogP contribution in [0.15, 0.2) is 86.5 Å². The van der Waals surface area contributed by atoms with Gasteiger partial charge in [0.2, 0.25) is 11.5 Å². The first-order valence-corrected chi connectivity index (χ1v) is 9.70.